The molecule has 2 aromatic rings. The van der Waals surface area contributed by atoms with Crippen molar-refractivity contribution in [2.45, 2.75) is 30.5 Å². The van der Waals surface area contributed by atoms with E-state index in [-0.39, 0.29) is 17.1 Å². The van der Waals surface area contributed by atoms with Crippen LogP contribution in [0.15, 0.2) is 83.3 Å². The van der Waals surface area contributed by atoms with Gasteiger partial charge in [0, 0.05) is 5.41 Å². The fourth-order valence-electron chi connectivity index (χ4n) is 3.49. The minimum Gasteiger partial charge on any atom is -0.388 e. The number of hydrogen-bond donors (Lipinski definition) is 1. The van der Waals surface area contributed by atoms with E-state index >= 15 is 0 Å². The Morgan fingerprint density at radius 1 is 1.07 bits per heavy atom. The molecule has 2 atom stereocenters. The van der Waals surface area contributed by atoms with Crippen LogP contribution in [0.4, 0.5) is 13.2 Å². The molecule has 0 spiro atoms. The maximum Gasteiger partial charge on any atom is 0.416 e. The summed E-state index contributed by atoms with van der Waals surface area (Å²) >= 11 is 0. The van der Waals surface area contributed by atoms with E-state index in [9.17, 15) is 26.7 Å². The summed E-state index contributed by atoms with van der Waals surface area (Å²) in [4.78, 5) is 0.223. The van der Waals surface area contributed by atoms with Crippen molar-refractivity contribution in [1.82, 2.24) is 0 Å². The van der Waals surface area contributed by atoms with Crippen molar-refractivity contribution in [3.05, 3.63) is 89.5 Å². The summed E-state index contributed by atoms with van der Waals surface area (Å²) < 4.78 is 63.6. The van der Waals surface area contributed by atoms with Gasteiger partial charge in [0.25, 0.3) is 0 Å². The molecule has 1 aliphatic carbocycles. The number of allylic oxidation sites excluding steroid dienone is 2. The molecule has 7 heteroatoms. The maximum atomic E-state index is 12.8. The van der Waals surface area contributed by atoms with Crippen LogP contribution in [0.3, 0.4) is 0 Å². The van der Waals surface area contributed by atoms with E-state index < -0.39 is 33.1 Å². The normalized spacial score (nSPS) is 20.9. The third-order valence-electron chi connectivity index (χ3n) is 5.07. The highest BCUT2D eigenvalue weighted by atomic mass is 32.2. The molecule has 3 nitrogen and oxygen atoms in total. The molecule has 154 valence electrons. The second-order valence-electron chi connectivity index (χ2n) is 7.46. The molecule has 29 heavy (non-hydrogen) atoms. The minimum absolute atomic E-state index is 0.184. The predicted octanol–water partition coefficient (Wildman–Crippen LogP) is 5.11. The third kappa shape index (κ3) is 4.79. The average molecular weight is 422 g/mol. The molecule has 0 saturated carbocycles. The Hall–Kier alpha value is -2.38. The van der Waals surface area contributed by atoms with Gasteiger partial charge in [-0.1, -0.05) is 61.1 Å². The Kier molecular flexibility index (Phi) is 5.74. The van der Waals surface area contributed by atoms with E-state index in [0.717, 1.165) is 12.1 Å². The van der Waals surface area contributed by atoms with E-state index in [0.29, 0.717) is 11.1 Å². The van der Waals surface area contributed by atoms with Crippen molar-refractivity contribution in [1.29, 1.82) is 0 Å². The maximum absolute atomic E-state index is 12.8. The number of aliphatic hydroxyl groups is 1. The van der Waals surface area contributed by atoms with Crippen LogP contribution in [0.5, 0.6) is 0 Å². The zero-order chi connectivity index (χ0) is 21.3. The van der Waals surface area contributed by atoms with Crippen LogP contribution in [0.2, 0.25) is 0 Å². The standard InChI is InChI=1S/C22H21F3O3S/c1-21(20(26)17-9-11-18(12-10-17)22(23,24)25)13-5-6-16(14-21)15-29(27,28)19-7-3-2-4-8-19/h2-13,20,26H,14-15H2,1H3/t20-,21+/m0/s1. The molecule has 1 aliphatic rings. The zero-order valence-corrected chi connectivity index (χ0v) is 16.5. The summed E-state index contributed by atoms with van der Waals surface area (Å²) in [7, 11) is -3.53. The van der Waals surface area contributed by atoms with Crippen LogP contribution in [-0.4, -0.2) is 19.3 Å². The zero-order valence-electron chi connectivity index (χ0n) is 15.7. The van der Waals surface area contributed by atoms with Crippen LogP contribution in [-0.2, 0) is 16.0 Å². The second-order valence-corrected chi connectivity index (χ2v) is 9.45. The molecule has 0 unspecified atom stereocenters. The van der Waals surface area contributed by atoms with Crippen LogP contribution in [0, 0.1) is 5.41 Å². The van der Waals surface area contributed by atoms with Gasteiger partial charge in [0.2, 0.25) is 0 Å². The molecule has 0 aromatic heterocycles. The Morgan fingerprint density at radius 2 is 1.69 bits per heavy atom. The van der Waals surface area contributed by atoms with Crippen LogP contribution >= 0.6 is 0 Å². The summed E-state index contributed by atoms with van der Waals surface area (Å²) in [6, 6.07) is 12.5. The van der Waals surface area contributed by atoms with E-state index in [2.05, 4.69) is 0 Å². The van der Waals surface area contributed by atoms with Gasteiger partial charge < -0.3 is 5.11 Å². The largest absolute Gasteiger partial charge is 0.416 e. The smallest absolute Gasteiger partial charge is 0.388 e. The average Bonchev–Trinajstić information content (AvgIpc) is 2.67. The number of benzene rings is 2. The van der Waals surface area contributed by atoms with Crippen molar-refractivity contribution in [3.63, 3.8) is 0 Å². The van der Waals surface area contributed by atoms with Crippen LogP contribution in [0.1, 0.15) is 30.6 Å². The topological polar surface area (TPSA) is 54.4 Å². The number of rotatable bonds is 5. The monoisotopic (exact) mass is 422 g/mol. The van der Waals surface area contributed by atoms with E-state index in [1.807, 2.05) is 0 Å². The second kappa shape index (κ2) is 7.80. The van der Waals surface area contributed by atoms with Gasteiger partial charge in [-0.25, -0.2) is 8.42 Å². The summed E-state index contributed by atoms with van der Waals surface area (Å²) in [6.45, 7) is 1.76. The molecule has 0 bridgehead atoms. The summed E-state index contributed by atoms with van der Waals surface area (Å²) in [6.07, 6.45) is -0.0935. The molecule has 0 saturated heterocycles. The minimum atomic E-state index is -4.44. The lowest BCUT2D eigenvalue weighted by molar-refractivity contribution is -0.137. The summed E-state index contributed by atoms with van der Waals surface area (Å²) in [5.41, 5.74) is -0.648. The Balaban J connectivity index is 1.78. The first kappa shape index (κ1) is 21.3. The van der Waals surface area contributed by atoms with Gasteiger partial charge in [-0.3, -0.25) is 0 Å². The molecule has 0 heterocycles. The molecular formula is C22H21F3O3S. The van der Waals surface area contributed by atoms with Crippen molar-refractivity contribution >= 4 is 9.84 Å². The van der Waals surface area contributed by atoms with E-state index in [4.69, 9.17) is 0 Å². The summed E-state index contributed by atoms with van der Waals surface area (Å²) in [5, 5.41) is 10.8. The van der Waals surface area contributed by atoms with Gasteiger partial charge in [0.1, 0.15) is 0 Å². The first-order valence-corrected chi connectivity index (χ1v) is 10.7. The van der Waals surface area contributed by atoms with Gasteiger partial charge >= 0.3 is 6.18 Å². The van der Waals surface area contributed by atoms with E-state index in [1.54, 1.807) is 43.4 Å². The lowest BCUT2D eigenvalue weighted by Gasteiger charge is -2.35. The highest BCUT2D eigenvalue weighted by molar-refractivity contribution is 7.91. The third-order valence-corrected chi connectivity index (χ3v) is 6.81. The highest BCUT2D eigenvalue weighted by Crippen LogP contribution is 2.43. The quantitative estimate of drug-likeness (QED) is 0.729. The van der Waals surface area contributed by atoms with Crippen molar-refractivity contribution in [2.24, 2.45) is 5.41 Å². The molecule has 0 radical (unpaired) electrons. The van der Waals surface area contributed by atoms with Gasteiger partial charge in [-0.15, -0.1) is 0 Å². The number of halogens is 3. The first-order valence-electron chi connectivity index (χ1n) is 9.02. The molecule has 0 aliphatic heterocycles. The lowest BCUT2D eigenvalue weighted by atomic mass is 9.73. The highest BCUT2D eigenvalue weighted by Gasteiger charge is 2.36. The number of hydrogen-bond acceptors (Lipinski definition) is 3. The Bertz CT molecular complexity index is 1020. The van der Waals surface area contributed by atoms with Gasteiger partial charge in [0.15, 0.2) is 9.84 Å². The SMILES string of the molecule is C[C@@]1([C@@H](O)c2ccc(C(F)(F)F)cc2)C=CC=C(CS(=O)(=O)c2ccccc2)C1. The van der Waals surface area contributed by atoms with Gasteiger partial charge in [-0.05, 0) is 36.2 Å². The fourth-order valence-corrected chi connectivity index (χ4v) is 4.91. The molecule has 1 N–H and O–H groups in total. The molecule has 3 rings (SSSR count). The van der Waals surface area contributed by atoms with E-state index in [1.165, 1.54) is 24.3 Å². The molecule has 2 aromatic carbocycles. The van der Waals surface area contributed by atoms with Crippen molar-refractivity contribution in [2.75, 3.05) is 5.75 Å². The molecule has 0 amide bonds. The number of alkyl halides is 3. The van der Waals surface area contributed by atoms with Gasteiger partial charge in [-0.2, -0.15) is 13.2 Å². The summed E-state index contributed by atoms with van der Waals surface area (Å²) in [5.74, 6) is -0.184. The Morgan fingerprint density at radius 3 is 2.28 bits per heavy atom. The van der Waals surface area contributed by atoms with Crippen molar-refractivity contribution < 1.29 is 26.7 Å². The fraction of sp³-hybridized carbons (Fsp3) is 0.273. The van der Waals surface area contributed by atoms with Crippen molar-refractivity contribution in [3.8, 4) is 0 Å². The van der Waals surface area contributed by atoms with Crippen LogP contribution in [0.25, 0.3) is 0 Å². The van der Waals surface area contributed by atoms with Crippen LogP contribution < -0.4 is 0 Å². The molecule has 0 fully saturated rings. The molecular weight excluding hydrogens is 401 g/mol. The first-order chi connectivity index (χ1) is 13.5. The predicted molar refractivity (Wildman–Crippen MR) is 105 cm³/mol. The Labute approximate surface area is 168 Å². The van der Waals surface area contributed by atoms with Gasteiger partial charge in [0.05, 0.1) is 22.3 Å². The lowest BCUT2D eigenvalue weighted by Crippen LogP contribution is -2.27. The number of aliphatic hydroxyl groups excluding tert-OH is 1. The number of sulfone groups is 1.